The molecule has 1 N–H and O–H groups in total. The van der Waals surface area contributed by atoms with E-state index in [0.29, 0.717) is 12.1 Å². The van der Waals surface area contributed by atoms with Gasteiger partial charge in [-0.15, -0.1) is 0 Å². The number of benzene rings is 3. The van der Waals surface area contributed by atoms with Gasteiger partial charge in [-0.2, -0.15) is 0 Å². The van der Waals surface area contributed by atoms with Crippen LogP contribution in [0.25, 0.3) is 0 Å². The van der Waals surface area contributed by atoms with Crippen LogP contribution < -0.4 is 5.32 Å². The summed E-state index contributed by atoms with van der Waals surface area (Å²) < 4.78 is 52.7. The van der Waals surface area contributed by atoms with Crippen molar-refractivity contribution in [2.24, 2.45) is 5.92 Å². The highest BCUT2D eigenvalue weighted by Crippen LogP contribution is 2.23. The van der Waals surface area contributed by atoms with E-state index in [9.17, 15) is 26.4 Å². The minimum absolute atomic E-state index is 0.0187. The van der Waals surface area contributed by atoms with Crippen LogP contribution in [0.1, 0.15) is 38.8 Å². The van der Waals surface area contributed by atoms with Crippen LogP contribution in [0.15, 0.2) is 82.6 Å². The van der Waals surface area contributed by atoms with Gasteiger partial charge in [0.15, 0.2) is 25.5 Å². The van der Waals surface area contributed by atoms with Gasteiger partial charge in [-0.1, -0.05) is 47.5 Å². The lowest BCUT2D eigenvalue weighted by Gasteiger charge is -2.17. The molecule has 3 aromatic carbocycles. The van der Waals surface area contributed by atoms with Crippen molar-refractivity contribution in [3.8, 4) is 0 Å². The molecule has 0 bridgehead atoms. The van der Waals surface area contributed by atoms with Crippen molar-refractivity contribution in [3.05, 3.63) is 95.1 Å². The smallest absolute Gasteiger partial charge is 0.251 e. The summed E-state index contributed by atoms with van der Waals surface area (Å²) in [6, 6.07) is 18.1. The lowest BCUT2D eigenvalue weighted by Crippen LogP contribution is -2.31. The highest BCUT2D eigenvalue weighted by Gasteiger charge is 2.32. The molecular formula is C27H29NO6S2. The molecule has 7 nitrogen and oxygen atoms in total. The summed E-state index contributed by atoms with van der Waals surface area (Å²) in [6.45, 7) is 5.86. The number of rotatable bonds is 10. The highest BCUT2D eigenvalue weighted by molar-refractivity contribution is 7.92. The molecule has 0 saturated carbocycles. The van der Waals surface area contributed by atoms with Crippen LogP contribution in [0.4, 0.5) is 0 Å². The number of hydrogen-bond acceptors (Lipinski definition) is 6. The zero-order chi connectivity index (χ0) is 26.5. The summed E-state index contributed by atoms with van der Waals surface area (Å²) in [5, 5.41) is 2.66. The van der Waals surface area contributed by atoms with E-state index in [1.165, 1.54) is 48.5 Å². The average molecular weight is 528 g/mol. The van der Waals surface area contributed by atoms with Gasteiger partial charge >= 0.3 is 0 Å². The maximum absolute atomic E-state index is 13.4. The van der Waals surface area contributed by atoms with Crippen LogP contribution in [0.3, 0.4) is 0 Å². The van der Waals surface area contributed by atoms with Gasteiger partial charge in [0.2, 0.25) is 0 Å². The van der Waals surface area contributed by atoms with Gasteiger partial charge in [0.25, 0.3) is 5.91 Å². The number of carbonyl (C=O) groups excluding carboxylic acids is 2. The van der Waals surface area contributed by atoms with E-state index in [-0.39, 0.29) is 21.3 Å². The molecule has 0 aliphatic rings. The SMILES string of the molecule is CCNC(=O)c1ccc(C(=O)C(CS(=O)(=O)c2ccc(C)cc2)CS(=O)(=O)c2ccc(C)cc2)cc1. The zero-order valence-corrected chi connectivity index (χ0v) is 22.0. The van der Waals surface area contributed by atoms with Crippen molar-refractivity contribution >= 4 is 31.4 Å². The van der Waals surface area contributed by atoms with Crippen LogP contribution in [0.5, 0.6) is 0 Å². The van der Waals surface area contributed by atoms with Crippen molar-refractivity contribution in [2.75, 3.05) is 18.1 Å². The van der Waals surface area contributed by atoms with Gasteiger partial charge in [-0.25, -0.2) is 16.8 Å². The number of sulfone groups is 2. The second-order valence-electron chi connectivity index (χ2n) is 8.69. The standard InChI is InChI=1S/C27H29NO6S2/c1-4-28-27(30)22-11-9-21(10-12-22)26(29)23(17-35(31,32)24-13-5-19(2)6-14-24)18-36(33,34)25-15-7-20(3)8-16-25/h5-16,23H,4,17-18H2,1-3H3,(H,28,30). The summed E-state index contributed by atoms with van der Waals surface area (Å²) >= 11 is 0. The third-order valence-corrected chi connectivity index (χ3v) is 9.40. The Morgan fingerprint density at radius 3 is 1.44 bits per heavy atom. The first-order valence-electron chi connectivity index (χ1n) is 11.4. The molecule has 0 saturated heterocycles. The molecule has 3 rings (SSSR count). The first-order chi connectivity index (χ1) is 16.9. The lowest BCUT2D eigenvalue weighted by molar-refractivity contribution is 0.0935. The summed E-state index contributed by atoms with van der Waals surface area (Å²) in [5.41, 5.74) is 2.21. The largest absolute Gasteiger partial charge is 0.352 e. The minimum Gasteiger partial charge on any atom is -0.352 e. The predicted molar refractivity (Wildman–Crippen MR) is 139 cm³/mol. The zero-order valence-electron chi connectivity index (χ0n) is 20.4. The van der Waals surface area contributed by atoms with Crippen LogP contribution >= 0.6 is 0 Å². The fraction of sp³-hybridized carbons (Fsp3) is 0.259. The van der Waals surface area contributed by atoms with Gasteiger partial charge in [0.05, 0.1) is 27.2 Å². The summed E-state index contributed by atoms with van der Waals surface area (Å²) in [5.74, 6) is -3.62. The monoisotopic (exact) mass is 527 g/mol. The average Bonchev–Trinajstić information content (AvgIpc) is 2.83. The second-order valence-corrected chi connectivity index (χ2v) is 12.8. The van der Waals surface area contributed by atoms with Crippen LogP contribution in [-0.2, 0) is 19.7 Å². The van der Waals surface area contributed by atoms with E-state index in [1.54, 1.807) is 31.2 Å². The van der Waals surface area contributed by atoms with E-state index in [4.69, 9.17) is 0 Å². The third-order valence-electron chi connectivity index (χ3n) is 5.74. The Labute approximate surface area is 212 Å². The number of nitrogens with one attached hydrogen (secondary N) is 1. The normalized spacial score (nSPS) is 11.9. The van der Waals surface area contributed by atoms with Crippen molar-refractivity contribution in [1.82, 2.24) is 5.32 Å². The van der Waals surface area contributed by atoms with Crippen molar-refractivity contribution in [2.45, 2.75) is 30.6 Å². The molecule has 0 aliphatic carbocycles. The Balaban J connectivity index is 1.97. The van der Waals surface area contributed by atoms with Gasteiger partial charge in [-0.3, -0.25) is 9.59 Å². The Bertz CT molecular complexity index is 1360. The summed E-state index contributed by atoms with van der Waals surface area (Å²) in [6.07, 6.45) is 0. The van der Waals surface area contributed by atoms with E-state index < -0.39 is 42.9 Å². The Hall–Kier alpha value is -3.30. The third kappa shape index (κ3) is 6.67. The quantitative estimate of drug-likeness (QED) is 0.401. The fourth-order valence-electron chi connectivity index (χ4n) is 3.70. The highest BCUT2D eigenvalue weighted by atomic mass is 32.2. The van der Waals surface area contributed by atoms with Gasteiger partial charge < -0.3 is 5.32 Å². The summed E-state index contributed by atoms with van der Waals surface area (Å²) in [7, 11) is -7.94. The van der Waals surface area contributed by atoms with Gasteiger partial charge in [-0.05, 0) is 57.2 Å². The van der Waals surface area contributed by atoms with E-state index in [2.05, 4.69) is 5.32 Å². The molecule has 9 heteroatoms. The van der Waals surface area contributed by atoms with Crippen LogP contribution in [0.2, 0.25) is 0 Å². The van der Waals surface area contributed by atoms with Crippen molar-refractivity contribution in [3.63, 3.8) is 0 Å². The molecule has 0 heterocycles. The molecule has 0 spiro atoms. The molecule has 0 aromatic heterocycles. The number of ketones is 1. The molecule has 3 aromatic rings. The van der Waals surface area contributed by atoms with E-state index in [1.807, 2.05) is 13.8 Å². The number of amides is 1. The van der Waals surface area contributed by atoms with E-state index in [0.717, 1.165) is 11.1 Å². The predicted octanol–water partition coefficient (Wildman–Crippen LogP) is 3.80. The molecule has 0 atom stereocenters. The van der Waals surface area contributed by atoms with Crippen molar-refractivity contribution in [1.29, 1.82) is 0 Å². The Kier molecular flexibility index (Phi) is 8.47. The van der Waals surface area contributed by atoms with Crippen molar-refractivity contribution < 1.29 is 26.4 Å². The first kappa shape index (κ1) is 27.3. The minimum atomic E-state index is -3.97. The van der Waals surface area contributed by atoms with Crippen LogP contribution in [-0.4, -0.2) is 46.6 Å². The molecule has 0 aliphatic heterocycles. The summed E-state index contributed by atoms with van der Waals surface area (Å²) in [4.78, 5) is 25.5. The molecule has 36 heavy (non-hydrogen) atoms. The second kappa shape index (κ2) is 11.2. The first-order valence-corrected chi connectivity index (χ1v) is 14.7. The molecule has 0 unspecified atom stereocenters. The fourth-order valence-corrected chi connectivity index (χ4v) is 6.93. The van der Waals surface area contributed by atoms with Gasteiger partial charge in [0.1, 0.15) is 0 Å². The molecule has 0 fully saturated rings. The maximum atomic E-state index is 13.4. The maximum Gasteiger partial charge on any atom is 0.251 e. The molecule has 0 radical (unpaired) electrons. The van der Waals surface area contributed by atoms with E-state index >= 15 is 0 Å². The topological polar surface area (TPSA) is 114 Å². The Morgan fingerprint density at radius 1 is 0.667 bits per heavy atom. The lowest BCUT2D eigenvalue weighted by atomic mass is 9.99. The molecule has 1 amide bonds. The van der Waals surface area contributed by atoms with Crippen LogP contribution in [0, 0.1) is 19.8 Å². The Morgan fingerprint density at radius 2 is 1.06 bits per heavy atom. The van der Waals surface area contributed by atoms with Gasteiger partial charge in [0, 0.05) is 17.7 Å². The number of carbonyl (C=O) groups is 2. The number of Topliss-reactive ketones (excluding diaryl/α,β-unsaturated/α-hetero) is 1. The molecular weight excluding hydrogens is 498 g/mol. The number of hydrogen-bond donors (Lipinski definition) is 1. The molecule has 190 valence electrons. The number of aryl methyl sites for hydroxylation is 2.